The van der Waals surface area contributed by atoms with E-state index in [0.717, 1.165) is 19.4 Å². The fraction of sp³-hybridized carbons (Fsp3) is 0.500. The molecule has 1 saturated carbocycles. The molecule has 0 aliphatic heterocycles. The van der Waals surface area contributed by atoms with Crippen molar-refractivity contribution in [3.05, 3.63) is 59.9 Å². The van der Waals surface area contributed by atoms with Crippen LogP contribution in [-0.2, 0) is 17.9 Å². The van der Waals surface area contributed by atoms with Crippen LogP contribution in [0.4, 0.5) is 0 Å². The van der Waals surface area contributed by atoms with Crippen LogP contribution in [0.1, 0.15) is 51.3 Å². The Morgan fingerprint density at radius 2 is 1.84 bits per heavy atom. The number of hydrogen-bond donors (Lipinski definition) is 0. The molecule has 3 nitrogen and oxygen atoms in total. The summed E-state index contributed by atoms with van der Waals surface area (Å²) in [5.74, 6) is 1.06. The lowest BCUT2D eigenvalue weighted by atomic mass is 9.83. The highest BCUT2D eigenvalue weighted by molar-refractivity contribution is 5.79. The first-order valence-electron chi connectivity index (χ1n) is 9.54. The molecule has 1 heterocycles. The van der Waals surface area contributed by atoms with Crippen molar-refractivity contribution in [1.29, 1.82) is 0 Å². The molecule has 0 N–H and O–H groups in total. The lowest BCUT2D eigenvalue weighted by molar-refractivity contribution is -0.142. The van der Waals surface area contributed by atoms with Gasteiger partial charge in [-0.15, -0.1) is 0 Å². The smallest absolute Gasteiger partial charge is 0.226 e. The molecule has 1 aliphatic rings. The van der Waals surface area contributed by atoms with E-state index in [2.05, 4.69) is 72.8 Å². The zero-order chi connectivity index (χ0) is 17.8. The molecule has 134 valence electrons. The van der Waals surface area contributed by atoms with Crippen molar-refractivity contribution >= 4 is 5.91 Å². The number of aromatic nitrogens is 1. The minimum absolute atomic E-state index is 0.249. The Bertz CT molecular complexity index is 685. The second-order valence-electron chi connectivity index (χ2n) is 7.69. The molecule has 0 spiro atoms. The molecule has 1 fully saturated rings. The molecule has 0 bridgehead atoms. The third-order valence-corrected chi connectivity index (χ3v) is 5.65. The number of rotatable bonds is 7. The highest BCUT2D eigenvalue weighted by atomic mass is 16.2. The Labute approximate surface area is 151 Å². The minimum Gasteiger partial charge on any atom is -0.345 e. The predicted molar refractivity (Wildman–Crippen MR) is 102 cm³/mol. The van der Waals surface area contributed by atoms with Crippen LogP contribution in [0.2, 0.25) is 0 Å². The number of carbonyl (C=O) groups is 1. The number of nitrogens with zero attached hydrogens (tertiary/aromatic N) is 2. The van der Waals surface area contributed by atoms with Crippen molar-refractivity contribution in [3.63, 3.8) is 0 Å². The van der Waals surface area contributed by atoms with E-state index in [1.54, 1.807) is 0 Å². The Balaban J connectivity index is 1.77. The van der Waals surface area contributed by atoms with Crippen LogP contribution in [0.25, 0.3) is 0 Å². The van der Waals surface area contributed by atoms with Gasteiger partial charge in [-0.2, -0.15) is 0 Å². The van der Waals surface area contributed by atoms with E-state index in [4.69, 9.17) is 0 Å². The maximum absolute atomic E-state index is 13.0. The molecule has 1 atom stereocenters. The minimum atomic E-state index is 0.249. The molecule has 1 aliphatic carbocycles. The number of amides is 1. The second kappa shape index (κ2) is 7.90. The molecule has 2 aromatic rings. The lowest BCUT2D eigenvalue weighted by Crippen LogP contribution is -2.45. The quantitative estimate of drug-likeness (QED) is 0.718. The van der Waals surface area contributed by atoms with E-state index in [9.17, 15) is 4.79 Å². The molecular formula is C22H30N2O. The van der Waals surface area contributed by atoms with Crippen molar-refractivity contribution in [2.45, 2.75) is 59.2 Å². The molecular weight excluding hydrogens is 308 g/mol. The molecule has 1 amide bonds. The van der Waals surface area contributed by atoms with E-state index in [1.807, 2.05) is 6.07 Å². The van der Waals surface area contributed by atoms with Gasteiger partial charge in [-0.3, -0.25) is 4.79 Å². The summed E-state index contributed by atoms with van der Waals surface area (Å²) in [6, 6.07) is 15.0. The predicted octanol–water partition coefficient (Wildman–Crippen LogP) is 4.71. The number of benzene rings is 1. The van der Waals surface area contributed by atoms with E-state index in [0.29, 0.717) is 18.4 Å². The fourth-order valence-electron chi connectivity index (χ4n) is 3.37. The van der Waals surface area contributed by atoms with Crippen molar-refractivity contribution in [3.8, 4) is 0 Å². The van der Waals surface area contributed by atoms with Gasteiger partial charge >= 0.3 is 0 Å². The van der Waals surface area contributed by atoms with Crippen LogP contribution < -0.4 is 0 Å². The van der Waals surface area contributed by atoms with Crippen molar-refractivity contribution in [2.75, 3.05) is 0 Å². The topological polar surface area (TPSA) is 25.2 Å². The van der Waals surface area contributed by atoms with Gasteiger partial charge in [0.1, 0.15) is 0 Å². The van der Waals surface area contributed by atoms with E-state index in [1.165, 1.54) is 17.7 Å². The van der Waals surface area contributed by atoms with Crippen LogP contribution in [0.5, 0.6) is 0 Å². The van der Waals surface area contributed by atoms with Gasteiger partial charge in [0.05, 0.1) is 6.54 Å². The van der Waals surface area contributed by atoms with Crippen molar-refractivity contribution < 1.29 is 4.79 Å². The summed E-state index contributed by atoms with van der Waals surface area (Å²) >= 11 is 0. The van der Waals surface area contributed by atoms with Crippen molar-refractivity contribution in [2.24, 2.45) is 11.8 Å². The van der Waals surface area contributed by atoms with Gasteiger partial charge < -0.3 is 9.47 Å². The zero-order valence-corrected chi connectivity index (χ0v) is 15.7. The van der Waals surface area contributed by atoms with Crippen LogP contribution >= 0.6 is 0 Å². The first-order chi connectivity index (χ1) is 12.1. The number of carbonyl (C=O) groups excluding carboxylic acids is 1. The van der Waals surface area contributed by atoms with Gasteiger partial charge in [-0.25, -0.2) is 0 Å². The molecule has 1 aromatic heterocycles. The monoisotopic (exact) mass is 338 g/mol. The Morgan fingerprint density at radius 1 is 1.12 bits per heavy atom. The average molecular weight is 338 g/mol. The summed E-state index contributed by atoms with van der Waals surface area (Å²) in [6.07, 6.45) is 5.44. The SMILES string of the molecule is CC(C)[C@H](C)N(Cc1cccn1Cc1ccccc1)C(=O)C1CCC1. The molecule has 3 rings (SSSR count). The normalized spacial score (nSPS) is 15.8. The Morgan fingerprint density at radius 3 is 2.44 bits per heavy atom. The summed E-state index contributed by atoms with van der Waals surface area (Å²) in [6.45, 7) is 8.15. The van der Waals surface area contributed by atoms with Crippen LogP contribution in [0.3, 0.4) is 0 Å². The second-order valence-corrected chi connectivity index (χ2v) is 7.69. The van der Waals surface area contributed by atoms with Gasteiger partial charge in [0.25, 0.3) is 0 Å². The van der Waals surface area contributed by atoms with Gasteiger partial charge in [-0.1, -0.05) is 50.6 Å². The van der Waals surface area contributed by atoms with Crippen molar-refractivity contribution in [1.82, 2.24) is 9.47 Å². The van der Waals surface area contributed by atoms with Crippen LogP contribution in [-0.4, -0.2) is 21.4 Å². The Kier molecular flexibility index (Phi) is 5.62. The standard InChI is InChI=1S/C22H30N2O/c1-17(2)18(3)24(22(25)20-11-7-12-20)16-21-13-8-14-23(21)15-19-9-5-4-6-10-19/h4-6,8-10,13-14,17-18,20H,7,11-12,15-16H2,1-3H3/t18-/m0/s1. The zero-order valence-electron chi connectivity index (χ0n) is 15.7. The lowest BCUT2D eigenvalue weighted by Gasteiger charge is -2.37. The average Bonchev–Trinajstić information content (AvgIpc) is 2.98. The maximum atomic E-state index is 13.0. The molecule has 1 aromatic carbocycles. The van der Waals surface area contributed by atoms with Gasteiger partial charge in [-0.05, 0) is 43.4 Å². The van der Waals surface area contributed by atoms with Crippen LogP contribution in [0.15, 0.2) is 48.7 Å². The molecule has 0 unspecified atom stereocenters. The van der Waals surface area contributed by atoms with E-state index in [-0.39, 0.29) is 12.0 Å². The summed E-state index contributed by atoms with van der Waals surface area (Å²) in [5.41, 5.74) is 2.50. The maximum Gasteiger partial charge on any atom is 0.226 e. The number of hydrogen-bond acceptors (Lipinski definition) is 1. The Hall–Kier alpha value is -2.03. The molecule has 25 heavy (non-hydrogen) atoms. The highest BCUT2D eigenvalue weighted by Crippen LogP contribution is 2.30. The van der Waals surface area contributed by atoms with Gasteiger partial charge in [0.15, 0.2) is 0 Å². The first kappa shape index (κ1) is 17.8. The van der Waals surface area contributed by atoms with Crippen LogP contribution in [0, 0.1) is 11.8 Å². The largest absolute Gasteiger partial charge is 0.345 e. The summed E-state index contributed by atoms with van der Waals surface area (Å²) in [4.78, 5) is 15.1. The summed E-state index contributed by atoms with van der Waals surface area (Å²) in [5, 5.41) is 0. The van der Waals surface area contributed by atoms with E-state index >= 15 is 0 Å². The summed E-state index contributed by atoms with van der Waals surface area (Å²) < 4.78 is 2.27. The van der Waals surface area contributed by atoms with Gasteiger partial charge in [0.2, 0.25) is 5.91 Å². The first-order valence-corrected chi connectivity index (χ1v) is 9.54. The third kappa shape index (κ3) is 4.15. The molecule has 0 radical (unpaired) electrons. The van der Waals surface area contributed by atoms with E-state index < -0.39 is 0 Å². The summed E-state index contributed by atoms with van der Waals surface area (Å²) in [7, 11) is 0. The third-order valence-electron chi connectivity index (χ3n) is 5.65. The van der Waals surface area contributed by atoms with Gasteiger partial charge in [0, 0.05) is 30.4 Å². The molecule has 3 heteroatoms. The highest BCUT2D eigenvalue weighted by Gasteiger charge is 2.32. The molecule has 0 saturated heterocycles. The fourth-order valence-corrected chi connectivity index (χ4v) is 3.37.